The third kappa shape index (κ3) is 9.65. The van der Waals surface area contributed by atoms with E-state index in [-0.39, 0.29) is 5.97 Å². The van der Waals surface area contributed by atoms with Gasteiger partial charge in [-0.25, -0.2) is 0 Å². The highest BCUT2D eigenvalue weighted by Gasteiger charge is 2.13. The highest BCUT2D eigenvalue weighted by Crippen LogP contribution is 2.01. The molecule has 0 amide bonds. The van der Waals surface area contributed by atoms with Crippen molar-refractivity contribution in [2.75, 3.05) is 13.2 Å². The smallest absolute Gasteiger partial charge is 0.302 e. The first kappa shape index (κ1) is 10.6. The van der Waals surface area contributed by atoms with Crippen LogP contribution in [0.2, 0.25) is 19.6 Å². The predicted octanol–water partition coefficient (Wildman–Crippen LogP) is 1.40. The Balaban J connectivity index is 3.22. The van der Waals surface area contributed by atoms with Gasteiger partial charge in [0, 0.05) is 6.92 Å². The second kappa shape index (κ2) is 4.51. The molecule has 4 heteroatoms. The topological polar surface area (TPSA) is 35.5 Å². The molecule has 0 N–H and O–H groups in total. The summed E-state index contributed by atoms with van der Waals surface area (Å²) in [5, 5.41) is 0. The lowest BCUT2D eigenvalue weighted by molar-refractivity contribution is -0.141. The SMILES string of the molecule is CC(=O)OCCO[Si](C)(C)C. The van der Waals surface area contributed by atoms with Crippen molar-refractivity contribution in [3.8, 4) is 0 Å². The van der Waals surface area contributed by atoms with E-state index < -0.39 is 8.32 Å². The summed E-state index contributed by atoms with van der Waals surface area (Å²) < 4.78 is 10.1. The Morgan fingerprint density at radius 2 is 1.82 bits per heavy atom. The van der Waals surface area contributed by atoms with E-state index in [0.29, 0.717) is 13.2 Å². The van der Waals surface area contributed by atoms with Crippen molar-refractivity contribution in [3.05, 3.63) is 0 Å². The molecule has 0 aromatic heterocycles. The van der Waals surface area contributed by atoms with Gasteiger partial charge in [0.1, 0.15) is 6.61 Å². The molecule has 0 spiro atoms. The molecule has 0 heterocycles. The third-order valence-corrected chi connectivity index (χ3v) is 1.99. The van der Waals surface area contributed by atoms with Crippen molar-refractivity contribution >= 4 is 14.3 Å². The molecule has 0 aromatic carbocycles. The summed E-state index contributed by atoms with van der Waals surface area (Å²) in [5.41, 5.74) is 0. The van der Waals surface area contributed by atoms with E-state index in [1.54, 1.807) is 0 Å². The van der Waals surface area contributed by atoms with Crippen LogP contribution in [0.25, 0.3) is 0 Å². The van der Waals surface area contributed by atoms with E-state index in [1.165, 1.54) is 6.92 Å². The number of carbonyl (C=O) groups is 1. The first-order chi connectivity index (χ1) is 4.92. The molecule has 0 atom stereocenters. The van der Waals surface area contributed by atoms with Gasteiger partial charge in [-0.2, -0.15) is 0 Å². The van der Waals surface area contributed by atoms with Crippen LogP contribution >= 0.6 is 0 Å². The van der Waals surface area contributed by atoms with Gasteiger partial charge in [0.2, 0.25) is 0 Å². The van der Waals surface area contributed by atoms with E-state index in [9.17, 15) is 4.79 Å². The molecule has 0 aliphatic carbocycles. The van der Waals surface area contributed by atoms with Crippen LogP contribution in [0.5, 0.6) is 0 Å². The number of esters is 1. The number of hydrogen-bond acceptors (Lipinski definition) is 3. The van der Waals surface area contributed by atoms with Gasteiger partial charge in [-0.05, 0) is 19.6 Å². The highest BCUT2D eigenvalue weighted by atomic mass is 28.4. The van der Waals surface area contributed by atoms with Gasteiger partial charge in [0.25, 0.3) is 0 Å². The van der Waals surface area contributed by atoms with Crippen LogP contribution in [0, 0.1) is 0 Å². The quantitative estimate of drug-likeness (QED) is 0.369. The average Bonchev–Trinajstić information content (AvgIpc) is 1.78. The molecule has 0 bridgehead atoms. The normalized spacial score (nSPS) is 11.3. The van der Waals surface area contributed by atoms with E-state index >= 15 is 0 Å². The molecule has 3 nitrogen and oxygen atoms in total. The molecule has 11 heavy (non-hydrogen) atoms. The fraction of sp³-hybridized carbons (Fsp3) is 0.857. The minimum absolute atomic E-state index is 0.246. The Labute approximate surface area is 68.8 Å². The molecular formula is C7H16O3Si. The summed E-state index contributed by atoms with van der Waals surface area (Å²) in [5.74, 6) is -0.246. The zero-order valence-electron chi connectivity index (χ0n) is 7.64. The van der Waals surface area contributed by atoms with Gasteiger partial charge in [0.05, 0.1) is 6.61 Å². The maximum Gasteiger partial charge on any atom is 0.302 e. The molecule has 0 aromatic rings. The monoisotopic (exact) mass is 176 g/mol. The van der Waals surface area contributed by atoms with E-state index in [0.717, 1.165) is 0 Å². The van der Waals surface area contributed by atoms with Crippen LogP contribution in [0.4, 0.5) is 0 Å². The Bertz CT molecular complexity index is 128. The lowest BCUT2D eigenvalue weighted by Crippen LogP contribution is -2.27. The molecule has 0 rings (SSSR count). The van der Waals surface area contributed by atoms with Gasteiger partial charge in [-0.3, -0.25) is 4.79 Å². The number of hydrogen-bond donors (Lipinski definition) is 0. The van der Waals surface area contributed by atoms with Crippen LogP contribution < -0.4 is 0 Å². The molecule has 0 radical (unpaired) electrons. The second-order valence-electron chi connectivity index (χ2n) is 3.30. The maximum absolute atomic E-state index is 10.3. The molecule has 0 fully saturated rings. The fourth-order valence-electron chi connectivity index (χ4n) is 0.533. The summed E-state index contributed by atoms with van der Waals surface area (Å²) in [6, 6.07) is 0. The van der Waals surface area contributed by atoms with Crippen LogP contribution in [0.3, 0.4) is 0 Å². The summed E-state index contributed by atoms with van der Waals surface area (Å²) in [6.07, 6.45) is 0. The number of carbonyl (C=O) groups excluding carboxylic acids is 1. The van der Waals surface area contributed by atoms with Crippen LogP contribution in [0.1, 0.15) is 6.92 Å². The molecule has 0 aliphatic rings. The van der Waals surface area contributed by atoms with Gasteiger partial charge in [0.15, 0.2) is 8.32 Å². The first-order valence-electron chi connectivity index (χ1n) is 3.69. The van der Waals surface area contributed by atoms with Gasteiger partial charge in [-0.1, -0.05) is 0 Å². The van der Waals surface area contributed by atoms with Crippen molar-refractivity contribution in [1.29, 1.82) is 0 Å². The summed E-state index contributed by atoms with van der Waals surface area (Å²) in [4.78, 5) is 10.3. The molecule has 66 valence electrons. The Morgan fingerprint density at radius 3 is 2.18 bits per heavy atom. The van der Waals surface area contributed by atoms with Crippen LogP contribution in [-0.2, 0) is 14.0 Å². The zero-order chi connectivity index (χ0) is 8.91. The number of rotatable bonds is 4. The minimum Gasteiger partial charge on any atom is -0.463 e. The first-order valence-corrected chi connectivity index (χ1v) is 7.10. The van der Waals surface area contributed by atoms with Crippen molar-refractivity contribution in [2.24, 2.45) is 0 Å². The van der Waals surface area contributed by atoms with Gasteiger partial charge < -0.3 is 9.16 Å². The summed E-state index contributed by atoms with van der Waals surface area (Å²) >= 11 is 0. The van der Waals surface area contributed by atoms with Gasteiger partial charge >= 0.3 is 5.97 Å². The Morgan fingerprint density at radius 1 is 1.27 bits per heavy atom. The lowest BCUT2D eigenvalue weighted by Gasteiger charge is -2.16. The minimum atomic E-state index is -1.42. The molecule has 0 saturated heterocycles. The van der Waals surface area contributed by atoms with Crippen LogP contribution in [0.15, 0.2) is 0 Å². The van der Waals surface area contributed by atoms with Crippen molar-refractivity contribution < 1.29 is 14.0 Å². The van der Waals surface area contributed by atoms with Crippen molar-refractivity contribution in [3.63, 3.8) is 0 Å². The maximum atomic E-state index is 10.3. The lowest BCUT2D eigenvalue weighted by atomic mass is 10.7. The largest absolute Gasteiger partial charge is 0.463 e. The van der Waals surface area contributed by atoms with Gasteiger partial charge in [-0.15, -0.1) is 0 Å². The third-order valence-electron chi connectivity index (χ3n) is 0.924. The fourth-order valence-corrected chi connectivity index (χ4v) is 1.23. The second-order valence-corrected chi connectivity index (χ2v) is 7.81. The Kier molecular flexibility index (Phi) is 4.36. The zero-order valence-corrected chi connectivity index (χ0v) is 8.64. The van der Waals surface area contributed by atoms with Crippen molar-refractivity contribution in [2.45, 2.75) is 26.6 Å². The van der Waals surface area contributed by atoms with Crippen molar-refractivity contribution in [1.82, 2.24) is 0 Å². The molecule has 0 aliphatic heterocycles. The Hall–Kier alpha value is -0.353. The van der Waals surface area contributed by atoms with E-state index in [1.807, 2.05) is 0 Å². The van der Waals surface area contributed by atoms with Crippen LogP contribution in [-0.4, -0.2) is 27.5 Å². The standard InChI is InChI=1S/C7H16O3Si/c1-7(8)9-5-6-10-11(2,3)4/h5-6H2,1-4H3. The van der Waals surface area contributed by atoms with E-state index in [4.69, 9.17) is 9.16 Å². The summed E-state index contributed by atoms with van der Waals surface area (Å²) in [6.45, 7) is 8.59. The molecular weight excluding hydrogens is 160 g/mol. The predicted molar refractivity (Wildman–Crippen MR) is 45.9 cm³/mol. The molecule has 0 unspecified atom stereocenters. The number of ether oxygens (including phenoxy) is 1. The highest BCUT2D eigenvalue weighted by molar-refractivity contribution is 6.69. The average molecular weight is 176 g/mol. The van der Waals surface area contributed by atoms with E-state index in [2.05, 4.69) is 19.6 Å². The summed E-state index contributed by atoms with van der Waals surface area (Å²) in [7, 11) is -1.42. The molecule has 0 saturated carbocycles.